The fraction of sp³-hybridized carbons (Fsp3) is 0.269. The van der Waals surface area contributed by atoms with Crippen molar-refractivity contribution in [2.75, 3.05) is 7.05 Å². The quantitative estimate of drug-likeness (QED) is 0.378. The maximum Gasteiger partial charge on any atom is 0.387 e. The Hall–Kier alpha value is -4.81. The molecule has 0 saturated carbocycles. The largest absolute Gasteiger partial charge is 0.434 e. The fourth-order valence-corrected chi connectivity index (χ4v) is 4.30. The topological polar surface area (TPSA) is 151 Å². The van der Waals surface area contributed by atoms with Crippen LogP contribution in [-0.2, 0) is 24.4 Å². The molecule has 11 nitrogen and oxygen atoms in total. The molecular weight excluding hydrogens is 514 g/mol. The zero-order chi connectivity index (χ0) is 28.3. The van der Waals surface area contributed by atoms with Gasteiger partial charge in [-0.2, -0.15) is 8.78 Å². The minimum absolute atomic E-state index is 0.0749. The molecule has 4 N–H and O–H groups in total. The van der Waals surface area contributed by atoms with Gasteiger partial charge in [0.15, 0.2) is 5.82 Å². The number of carbonyl (C=O) groups excluding carboxylic acids is 4. The van der Waals surface area contributed by atoms with Gasteiger partial charge in [0.05, 0.1) is 12.7 Å². The molecule has 1 aliphatic rings. The maximum atomic E-state index is 13.5. The minimum Gasteiger partial charge on any atom is -0.434 e. The van der Waals surface area contributed by atoms with Crippen molar-refractivity contribution >= 4 is 23.6 Å². The zero-order valence-corrected chi connectivity index (χ0v) is 21.1. The number of hydrogen-bond acceptors (Lipinski definition) is 6. The number of aromatic nitrogens is 2. The molecule has 0 bridgehead atoms. The van der Waals surface area contributed by atoms with Crippen LogP contribution < -0.4 is 15.8 Å². The predicted molar refractivity (Wildman–Crippen MR) is 134 cm³/mol. The molecule has 0 unspecified atom stereocenters. The third kappa shape index (κ3) is 5.87. The number of alkyl halides is 2. The van der Waals surface area contributed by atoms with E-state index in [2.05, 4.69) is 20.0 Å². The van der Waals surface area contributed by atoms with Crippen LogP contribution in [0.25, 0.3) is 0 Å². The third-order valence-electron chi connectivity index (χ3n) is 6.39. The number of hydrogen-bond donors (Lipinski definition) is 3. The summed E-state index contributed by atoms with van der Waals surface area (Å²) < 4.78 is 30.4. The van der Waals surface area contributed by atoms with Crippen molar-refractivity contribution in [2.45, 2.75) is 39.2 Å². The highest BCUT2D eigenvalue weighted by atomic mass is 19.3. The Bertz CT molecular complexity index is 1430. The summed E-state index contributed by atoms with van der Waals surface area (Å²) in [5.74, 6) is -2.46. The summed E-state index contributed by atoms with van der Waals surface area (Å²) in [6, 6.07) is 9.89. The summed E-state index contributed by atoms with van der Waals surface area (Å²) in [6.45, 7) is -1.33. The van der Waals surface area contributed by atoms with Crippen molar-refractivity contribution in [2.24, 2.45) is 5.73 Å². The van der Waals surface area contributed by atoms with Gasteiger partial charge in [0, 0.05) is 31.3 Å². The van der Waals surface area contributed by atoms with Gasteiger partial charge >= 0.3 is 6.61 Å². The lowest BCUT2D eigenvalue weighted by molar-refractivity contribution is -0.124. The van der Waals surface area contributed by atoms with Gasteiger partial charge in [-0.3, -0.25) is 19.2 Å². The molecule has 2 aromatic carbocycles. The number of carbonyl (C=O) groups is 4. The second-order valence-electron chi connectivity index (χ2n) is 8.86. The molecule has 1 aliphatic heterocycles. The number of nitrogens with zero attached hydrogens (tertiary/aromatic N) is 3. The van der Waals surface area contributed by atoms with Crippen molar-refractivity contribution in [3.8, 4) is 5.75 Å². The number of ether oxygens (including phenoxy) is 1. The number of halogens is 2. The van der Waals surface area contributed by atoms with Crippen LogP contribution in [0.2, 0.25) is 0 Å². The van der Waals surface area contributed by atoms with E-state index in [0.29, 0.717) is 5.56 Å². The number of aromatic amines is 1. The van der Waals surface area contributed by atoms with Crippen LogP contribution in [0.4, 0.5) is 8.78 Å². The molecule has 0 aliphatic carbocycles. The lowest BCUT2D eigenvalue weighted by Crippen LogP contribution is -2.46. The van der Waals surface area contributed by atoms with E-state index in [0.717, 1.165) is 16.0 Å². The van der Waals surface area contributed by atoms with E-state index in [9.17, 15) is 28.0 Å². The molecule has 0 saturated heterocycles. The van der Waals surface area contributed by atoms with Crippen LogP contribution in [-0.4, -0.2) is 63.1 Å². The summed E-state index contributed by atoms with van der Waals surface area (Å²) in [7, 11) is 1.41. The first-order valence-electron chi connectivity index (χ1n) is 11.9. The predicted octanol–water partition coefficient (Wildman–Crippen LogP) is 2.04. The molecule has 204 valence electrons. The Morgan fingerprint density at radius 1 is 1.15 bits per heavy atom. The zero-order valence-electron chi connectivity index (χ0n) is 21.1. The second kappa shape index (κ2) is 11.3. The summed E-state index contributed by atoms with van der Waals surface area (Å²) in [6.07, 6.45) is 1.18. The average Bonchev–Trinajstić information content (AvgIpc) is 3.58. The SMILES string of the molecule is CNC(=O)[C@@H](C)N(Cc1ccccc1OC(F)F)C(=O)c1cnc(C(=O)N2Cc3ccc(C(N)=O)cc3C2)[nH]1. The molecule has 0 spiro atoms. The third-order valence-corrected chi connectivity index (χ3v) is 6.39. The first-order valence-corrected chi connectivity index (χ1v) is 11.9. The van der Waals surface area contributed by atoms with Crippen LogP contribution in [0.15, 0.2) is 48.7 Å². The second-order valence-corrected chi connectivity index (χ2v) is 8.86. The molecule has 39 heavy (non-hydrogen) atoms. The van der Waals surface area contributed by atoms with Gasteiger partial charge in [-0.1, -0.05) is 24.3 Å². The molecule has 1 atom stereocenters. The number of amides is 4. The number of primary amides is 1. The van der Waals surface area contributed by atoms with Gasteiger partial charge in [0.25, 0.3) is 11.8 Å². The van der Waals surface area contributed by atoms with Crippen molar-refractivity contribution in [1.82, 2.24) is 25.1 Å². The van der Waals surface area contributed by atoms with Gasteiger partial charge in [-0.05, 0) is 36.2 Å². The first kappa shape index (κ1) is 27.2. The highest BCUT2D eigenvalue weighted by Gasteiger charge is 2.31. The molecule has 0 radical (unpaired) electrons. The number of H-pyrrole nitrogens is 1. The van der Waals surface area contributed by atoms with Gasteiger partial charge in [-0.15, -0.1) is 0 Å². The number of imidazole rings is 1. The van der Waals surface area contributed by atoms with E-state index < -0.39 is 36.3 Å². The van der Waals surface area contributed by atoms with Crippen LogP contribution >= 0.6 is 0 Å². The van der Waals surface area contributed by atoms with Crippen LogP contribution in [0.3, 0.4) is 0 Å². The van der Waals surface area contributed by atoms with Gasteiger partial charge in [0.2, 0.25) is 11.8 Å². The van der Waals surface area contributed by atoms with Crippen molar-refractivity contribution in [3.05, 3.63) is 82.4 Å². The molecule has 0 fully saturated rings. The summed E-state index contributed by atoms with van der Waals surface area (Å²) in [5, 5.41) is 2.46. The Balaban J connectivity index is 1.55. The standard InChI is InChI=1S/C26H26F2N6O5/c1-14(23(36)30-2)34(13-17-5-3-4-6-20(17)39-26(27)28)24(37)19-10-31-22(32-19)25(38)33-11-16-8-7-15(21(29)35)9-18(16)12-33/h3-10,14,26H,11-13H2,1-2H3,(H2,29,35)(H,30,36)(H,31,32)/t14-/m1/s1. The highest BCUT2D eigenvalue weighted by molar-refractivity contribution is 5.98. The normalized spacial score (nSPS) is 13.1. The lowest BCUT2D eigenvalue weighted by Gasteiger charge is -2.28. The molecule has 13 heteroatoms. The van der Waals surface area contributed by atoms with E-state index in [1.165, 1.54) is 43.3 Å². The number of rotatable bonds is 9. The van der Waals surface area contributed by atoms with E-state index in [1.54, 1.807) is 24.3 Å². The van der Waals surface area contributed by atoms with Crippen LogP contribution in [0.5, 0.6) is 5.75 Å². The van der Waals surface area contributed by atoms with E-state index in [1.807, 2.05) is 0 Å². The lowest BCUT2D eigenvalue weighted by atomic mass is 10.1. The first-order chi connectivity index (χ1) is 18.6. The summed E-state index contributed by atoms with van der Waals surface area (Å²) >= 11 is 0. The average molecular weight is 541 g/mol. The van der Waals surface area contributed by atoms with E-state index in [-0.39, 0.29) is 42.5 Å². The van der Waals surface area contributed by atoms with E-state index in [4.69, 9.17) is 5.73 Å². The number of nitrogens with one attached hydrogen (secondary N) is 2. The fourth-order valence-electron chi connectivity index (χ4n) is 4.30. The van der Waals surface area contributed by atoms with Crippen molar-refractivity contribution in [1.29, 1.82) is 0 Å². The monoisotopic (exact) mass is 540 g/mol. The number of nitrogens with two attached hydrogens (primary N) is 1. The van der Waals surface area contributed by atoms with Gasteiger partial charge in [-0.25, -0.2) is 4.98 Å². The maximum absolute atomic E-state index is 13.5. The number of benzene rings is 2. The Kier molecular flexibility index (Phi) is 7.88. The molecule has 4 rings (SSSR count). The Morgan fingerprint density at radius 2 is 1.87 bits per heavy atom. The number of likely N-dealkylation sites (N-methyl/N-ethyl adjacent to an activating group) is 1. The molecular formula is C26H26F2N6O5. The Morgan fingerprint density at radius 3 is 2.56 bits per heavy atom. The molecule has 4 amide bonds. The summed E-state index contributed by atoms with van der Waals surface area (Å²) in [4.78, 5) is 60.0. The van der Waals surface area contributed by atoms with Crippen molar-refractivity contribution in [3.63, 3.8) is 0 Å². The van der Waals surface area contributed by atoms with Gasteiger partial charge in [0.1, 0.15) is 17.5 Å². The van der Waals surface area contributed by atoms with E-state index >= 15 is 0 Å². The van der Waals surface area contributed by atoms with Crippen molar-refractivity contribution < 1.29 is 32.7 Å². The number of fused-ring (bicyclic) bond motifs is 1. The minimum atomic E-state index is -3.08. The van der Waals surface area contributed by atoms with Crippen LogP contribution in [0.1, 0.15) is 55.1 Å². The van der Waals surface area contributed by atoms with Crippen LogP contribution in [0, 0.1) is 0 Å². The number of para-hydroxylation sites is 1. The molecule has 1 aromatic heterocycles. The molecule has 3 aromatic rings. The summed E-state index contributed by atoms with van der Waals surface area (Å²) in [5.41, 5.74) is 7.48. The molecule has 2 heterocycles. The smallest absolute Gasteiger partial charge is 0.387 e. The Labute approximate surface area is 221 Å². The van der Waals surface area contributed by atoms with Gasteiger partial charge < -0.3 is 30.6 Å². The highest BCUT2D eigenvalue weighted by Crippen LogP contribution is 2.26.